The second-order valence-electron chi connectivity index (χ2n) is 7.10. The summed E-state index contributed by atoms with van der Waals surface area (Å²) in [5.41, 5.74) is 0.818. The predicted octanol–water partition coefficient (Wildman–Crippen LogP) is -1.82. The van der Waals surface area contributed by atoms with Crippen molar-refractivity contribution in [3.8, 4) is 17.2 Å². The number of hydrogen-bond acceptors (Lipinski definition) is 11. The Morgan fingerprint density at radius 1 is 0.935 bits per heavy atom. The Hall–Kier alpha value is -1.70. The lowest BCUT2D eigenvalue weighted by Crippen LogP contribution is -2.59. The quantitative estimate of drug-likeness (QED) is 0.213. The van der Waals surface area contributed by atoms with Gasteiger partial charge in [0, 0.05) is 12.7 Å². The molecule has 0 aromatic heterocycles. The number of hydrogen-bond donors (Lipinski definition) is 6. The van der Waals surface area contributed by atoms with Gasteiger partial charge in [0.1, 0.15) is 36.3 Å². The van der Waals surface area contributed by atoms with Crippen LogP contribution in [0.25, 0.3) is 0 Å². The molecule has 1 heterocycles. The highest BCUT2D eigenvalue weighted by molar-refractivity contribution is 5.51. The molecule has 0 bridgehead atoms. The molecule has 0 saturated carbocycles. The molecule has 1 unspecified atom stereocenters. The Morgan fingerprint density at radius 3 is 2.23 bits per heavy atom. The molecule has 1 aliphatic rings. The molecule has 0 amide bonds. The van der Waals surface area contributed by atoms with E-state index in [2.05, 4.69) is 0 Å². The highest BCUT2D eigenvalue weighted by Crippen LogP contribution is 2.36. The normalized spacial score (nSPS) is 27.0. The van der Waals surface area contributed by atoms with Crippen molar-refractivity contribution in [2.75, 3.05) is 40.6 Å². The van der Waals surface area contributed by atoms with Crippen LogP contribution in [0.15, 0.2) is 12.1 Å². The molecular weight excluding hydrogens is 416 g/mol. The van der Waals surface area contributed by atoms with Crippen LogP contribution in [-0.4, -0.2) is 108 Å². The van der Waals surface area contributed by atoms with Gasteiger partial charge in [-0.25, -0.2) is 0 Å². The van der Waals surface area contributed by atoms with Crippen molar-refractivity contribution < 1.29 is 54.3 Å². The van der Waals surface area contributed by atoms with E-state index in [1.54, 1.807) is 12.1 Å². The zero-order valence-electron chi connectivity index (χ0n) is 17.6. The lowest BCUT2D eigenvalue weighted by molar-refractivity contribution is -0.304. The predicted molar refractivity (Wildman–Crippen MR) is 106 cm³/mol. The van der Waals surface area contributed by atoms with Crippen molar-refractivity contribution in [2.24, 2.45) is 0 Å². The number of aliphatic hydroxyl groups excluding tert-OH is 6. The molecule has 1 aliphatic heterocycles. The number of methoxy groups -OCH3 is 2. The maximum atomic E-state index is 10.0. The standard InChI is InChI=1S/C20H32O11/c1-27-13-7-15(14(28-2)6-11(13)4-3-5-21)30-12(8-22)10-29-20-19(26)18(25)17(24)16(9-23)31-20/h6-7,12,16-26H,3-5,8-10H2,1-2H3/t12?,16-,17-,18+,19-,20-/m1/s1. The zero-order chi connectivity index (χ0) is 23.0. The second-order valence-corrected chi connectivity index (χ2v) is 7.10. The average molecular weight is 448 g/mol. The van der Waals surface area contributed by atoms with E-state index < -0.39 is 50.0 Å². The monoisotopic (exact) mass is 448 g/mol. The maximum absolute atomic E-state index is 10.0. The van der Waals surface area contributed by atoms with Gasteiger partial charge in [-0.05, 0) is 24.5 Å². The summed E-state index contributed by atoms with van der Waals surface area (Å²) in [6, 6.07) is 3.32. The van der Waals surface area contributed by atoms with Crippen LogP contribution >= 0.6 is 0 Å². The number of benzene rings is 1. The first-order chi connectivity index (χ1) is 14.9. The van der Waals surface area contributed by atoms with Gasteiger partial charge >= 0.3 is 0 Å². The molecule has 11 heteroatoms. The van der Waals surface area contributed by atoms with Gasteiger partial charge in [-0.1, -0.05) is 0 Å². The topological polar surface area (TPSA) is 168 Å². The second kappa shape index (κ2) is 12.4. The van der Waals surface area contributed by atoms with Crippen molar-refractivity contribution in [2.45, 2.75) is 49.7 Å². The fraction of sp³-hybridized carbons (Fsp3) is 0.700. The van der Waals surface area contributed by atoms with Crippen molar-refractivity contribution in [1.29, 1.82) is 0 Å². The van der Waals surface area contributed by atoms with E-state index in [0.717, 1.165) is 5.56 Å². The van der Waals surface area contributed by atoms with E-state index in [1.165, 1.54) is 14.2 Å². The third kappa shape index (κ3) is 6.40. The SMILES string of the molecule is COc1cc(OC(CO)CO[C@@H]2O[C@H](CO)[C@@H](O)[C@H](O)[C@H]2O)c(OC)cc1CCCO. The van der Waals surface area contributed by atoms with Crippen LogP contribution in [0.1, 0.15) is 12.0 Å². The van der Waals surface area contributed by atoms with E-state index in [1.807, 2.05) is 0 Å². The molecule has 6 atom stereocenters. The fourth-order valence-corrected chi connectivity index (χ4v) is 3.20. The molecule has 1 aromatic rings. The molecule has 6 N–H and O–H groups in total. The molecule has 0 radical (unpaired) electrons. The Bertz CT molecular complexity index is 669. The van der Waals surface area contributed by atoms with Crippen LogP contribution in [0.3, 0.4) is 0 Å². The number of aliphatic hydroxyl groups is 6. The zero-order valence-corrected chi connectivity index (χ0v) is 17.6. The van der Waals surface area contributed by atoms with Crippen LogP contribution in [-0.2, 0) is 15.9 Å². The molecule has 2 rings (SSSR count). The van der Waals surface area contributed by atoms with Crippen LogP contribution in [0.2, 0.25) is 0 Å². The van der Waals surface area contributed by atoms with Crippen LogP contribution in [0.4, 0.5) is 0 Å². The van der Waals surface area contributed by atoms with Gasteiger partial charge in [0.2, 0.25) is 0 Å². The summed E-state index contributed by atoms with van der Waals surface area (Å²) in [6.07, 6.45) is -6.85. The Labute approximate surface area is 180 Å². The third-order valence-electron chi connectivity index (χ3n) is 4.96. The summed E-state index contributed by atoms with van der Waals surface area (Å²) < 4.78 is 27.2. The molecule has 0 spiro atoms. The Morgan fingerprint density at radius 2 is 1.65 bits per heavy atom. The first-order valence-electron chi connectivity index (χ1n) is 9.95. The third-order valence-corrected chi connectivity index (χ3v) is 4.96. The number of rotatable bonds is 12. The van der Waals surface area contributed by atoms with Gasteiger partial charge in [0.05, 0.1) is 34.0 Å². The molecular formula is C20H32O11. The Balaban J connectivity index is 2.08. The fourth-order valence-electron chi connectivity index (χ4n) is 3.20. The smallest absolute Gasteiger partial charge is 0.186 e. The van der Waals surface area contributed by atoms with E-state index in [9.17, 15) is 25.5 Å². The first kappa shape index (κ1) is 25.6. The van der Waals surface area contributed by atoms with Crippen LogP contribution in [0, 0.1) is 0 Å². The van der Waals surface area contributed by atoms with Gasteiger partial charge in [0.15, 0.2) is 17.8 Å². The Kier molecular flexibility index (Phi) is 10.2. The summed E-state index contributed by atoms with van der Waals surface area (Å²) in [6.45, 7) is -1.23. The minimum Gasteiger partial charge on any atom is -0.496 e. The molecule has 31 heavy (non-hydrogen) atoms. The maximum Gasteiger partial charge on any atom is 0.186 e. The highest BCUT2D eigenvalue weighted by atomic mass is 16.7. The van der Waals surface area contributed by atoms with Gasteiger partial charge in [-0.15, -0.1) is 0 Å². The van der Waals surface area contributed by atoms with E-state index in [4.69, 9.17) is 28.8 Å². The van der Waals surface area contributed by atoms with Gasteiger partial charge in [-0.3, -0.25) is 0 Å². The lowest BCUT2D eigenvalue weighted by atomic mass is 9.99. The van der Waals surface area contributed by atoms with E-state index >= 15 is 0 Å². The minimum absolute atomic E-state index is 0.0333. The van der Waals surface area contributed by atoms with E-state index in [0.29, 0.717) is 24.3 Å². The van der Waals surface area contributed by atoms with Crippen molar-refractivity contribution in [3.63, 3.8) is 0 Å². The van der Waals surface area contributed by atoms with Crippen molar-refractivity contribution in [3.05, 3.63) is 17.7 Å². The first-order valence-corrected chi connectivity index (χ1v) is 9.95. The van der Waals surface area contributed by atoms with E-state index in [-0.39, 0.29) is 19.0 Å². The van der Waals surface area contributed by atoms with Crippen molar-refractivity contribution in [1.82, 2.24) is 0 Å². The highest BCUT2D eigenvalue weighted by Gasteiger charge is 2.44. The summed E-state index contributed by atoms with van der Waals surface area (Å²) in [4.78, 5) is 0. The lowest BCUT2D eigenvalue weighted by Gasteiger charge is -2.39. The van der Waals surface area contributed by atoms with Gasteiger partial charge < -0.3 is 54.3 Å². The molecule has 1 fully saturated rings. The van der Waals surface area contributed by atoms with Crippen molar-refractivity contribution >= 4 is 0 Å². The minimum atomic E-state index is -1.57. The number of ether oxygens (including phenoxy) is 5. The average Bonchev–Trinajstić information content (AvgIpc) is 2.79. The van der Waals surface area contributed by atoms with Crippen LogP contribution in [0.5, 0.6) is 17.2 Å². The van der Waals surface area contributed by atoms with Crippen LogP contribution < -0.4 is 14.2 Å². The summed E-state index contributed by atoms with van der Waals surface area (Å²) >= 11 is 0. The molecule has 0 aliphatic carbocycles. The molecule has 1 saturated heterocycles. The summed E-state index contributed by atoms with van der Waals surface area (Å²) in [5.74, 6) is 1.19. The molecule has 178 valence electrons. The van der Waals surface area contributed by atoms with Gasteiger partial charge in [-0.2, -0.15) is 0 Å². The van der Waals surface area contributed by atoms with Gasteiger partial charge in [0.25, 0.3) is 0 Å². The number of aryl methyl sites for hydroxylation is 1. The largest absolute Gasteiger partial charge is 0.496 e. The molecule has 1 aromatic carbocycles. The summed E-state index contributed by atoms with van der Waals surface area (Å²) in [5, 5.41) is 57.7. The molecule has 11 nitrogen and oxygen atoms in total. The summed E-state index contributed by atoms with van der Waals surface area (Å²) in [7, 11) is 2.96.